The summed E-state index contributed by atoms with van der Waals surface area (Å²) in [4.78, 5) is 24.9. The third kappa shape index (κ3) is 6.38. The lowest BCUT2D eigenvalue weighted by atomic mass is 9.92. The zero-order chi connectivity index (χ0) is 32.3. The number of fused-ring (bicyclic) bond motifs is 1. The molecule has 1 fully saturated rings. The molecule has 6 rings (SSSR count). The first kappa shape index (κ1) is 32.4. The van der Waals surface area contributed by atoms with E-state index in [1.54, 1.807) is 6.20 Å². The smallest absolute Gasteiger partial charge is 0.410 e. The molecule has 0 saturated carbocycles. The number of nitrogens with zero attached hydrogens (tertiary/aromatic N) is 4. The second kappa shape index (κ2) is 13.7. The highest BCUT2D eigenvalue weighted by molar-refractivity contribution is 9.10. The predicted octanol–water partition coefficient (Wildman–Crippen LogP) is 7.61. The lowest BCUT2D eigenvalue weighted by molar-refractivity contribution is 0.0464. The van der Waals surface area contributed by atoms with Crippen molar-refractivity contribution < 1.29 is 14.0 Å². The topological polar surface area (TPSA) is 69.0 Å². The summed E-state index contributed by atoms with van der Waals surface area (Å²) in [7, 11) is -2.81. The fourth-order valence-corrected chi connectivity index (χ4v) is 12.2. The zero-order valence-electron chi connectivity index (χ0n) is 26.3. The number of carbonyl (C=O) groups excluding carboxylic acids is 1. The Bertz CT molecular complexity index is 1740. The van der Waals surface area contributed by atoms with Crippen LogP contribution in [-0.4, -0.2) is 52.9 Å². The molecule has 2 aromatic heterocycles. The predicted molar refractivity (Wildman–Crippen MR) is 188 cm³/mol. The van der Waals surface area contributed by atoms with Gasteiger partial charge >= 0.3 is 6.09 Å². The molecule has 2 atom stereocenters. The van der Waals surface area contributed by atoms with Crippen LogP contribution in [-0.2, 0) is 15.8 Å². The molecule has 1 aliphatic rings. The van der Waals surface area contributed by atoms with E-state index in [0.29, 0.717) is 22.9 Å². The Kier molecular flexibility index (Phi) is 9.66. The summed E-state index contributed by atoms with van der Waals surface area (Å²) < 4.78 is 15.9. The largest absolute Gasteiger partial charge is 0.445 e. The Labute approximate surface area is 284 Å². The van der Waals surface area contributed by atoms with E-state index in [1.165, 1.54) is 10.4 Å². The normalized spacial score (nSPS) is 17.3. The molecule has 3 aromatic carbocycles. The molecule has 238 valence electrons. The van der Waals surface area contributed by atoms with Gasteiger partial charge in [0.2, 0.25) is 0 Å². The Morgan fingerprint density at radius 2 is 1.57 bits per heavy atom. The van der Waals surface area contributed by atoms with E-state index in [4.69, 9.17) is 25.7 Å². The van der Waals surface area contributed by atoms with Crippen LogP contribution in [0.5, 0.6) is 0 Å². The van der Waals surface area contributed by atoms with Gasteiger partial charge in [-0.05, 0) is 49.7 Å². The number of hydrogen-bond donors (Lipinski definition) is 0. The van der Waals surface area contributed by atoms with Crippen molar-refractivity contribution in [3.8, 4) is 0 Å². The zero-order valence-corrected chi connectivity index (χ0v) is 29.6. The quantitative estimate of drug-likeness (QED) is 0.155. The van der Waals surface area contributed by atoms with Gasteiger partial charge in [0.25, 0.3) is 8.32 Å². The third-order valence-corrected chi connectivity index (χ3v) is 14.7. The Hall–Kier alpha value is -3.50. The number of rotatable bonds is 8. The van der Waals surface area contributed by atoms with E-state index in [0.717, 1.165) is 29.7 Å². The molecule has 7 nitrogen and oxygen atoms in total. The van der Waals surface area contributed by atoms with Gasteiger partial charge < -0.3 is 14.1 Å². The van der Waals surface area contributed by atoms with Crippen molar-refractivity contribution in [2.24, 2.45) is 0 Å². The number of imidazole rings is 1. The van der Waals surface area contributed by atoms with Gasteiger partial charge in [0.05, 0.1) is 12.6 Å². The van der Waals surface area contributed by atoms with E-state index >= 15 is 0 Å². The second-order valence-corrected chi connectivity index (χ2v) is 18.2. The Morgan fingerprint density at radius 3 is 2.17 bits per heavy atom. The number of benzene rings is 3. The first-order chi connectivity index (χ1) is 22.2. The average molecular weight is 718 g/mol. The molecule has 0 radical (unpaired) electrons. The van der Waals surface area contributed by atoms with Crippen LogP contribution >= 0.6 is 27.5 Å². The highest BCUT2D eigenvalue weighted by Crippen LogP contribution is 2.39. The van der Waals surface area contributed by atoms with Gasteiger partial charge in [0.1, 0.15) is 22.6 Å². The number of hydrogen-bond acceptors (Lipinski definition) is 5. The van der Waals surface area contributed by atoms with Gasteiger partial charge in [-0.2, -0.15) is 0 Å². The van der Waals surface area contributed by atoms with Gasteiger partial charge in [0.15, 0.2) is 5.15 Å². The van der Waals surface area contributed by atoms with Crippen molar-refractivity contribution in [2.75, 3.05) is 13.2 Å². The highest BCUT2D eigenvalue weighted by Gasteiger charge is 2.51. The molecule has 3 heterocycles. The van der Waals surface area contributed by atoms with Crippen molar-refractivity contribution in [1.29, 1.82) is 0 Å². The average Bonchev–Trinajstić information content (AvgIpc) is 3.42. The maximum absolute atomic E-state index is 13.9. The summed E-state index contributed by atoms with van der Waals surface area (Å²) in [5.74, 6) is 0.795. The number of likely N-dealkylation sites (tertiary alicyclic amines) is 1. The van der Waals surface area contributed by atoms with Crippen LogP contribution in [0, 0.1) is 0 Å². The van der Waals surface area contributed by atoms with Crippen LogP contribution in [0.15, 0.2) is 108 Å². The van der Waals surface area contributed by atoms with Gasteiger partial charge in [-0.3, -0.25) is 4.40 Å². The van der Waals surface area contributed by atoms with Crippen molar-refractivity contribution in [1.82, 2.24) is 19.3 Å². The number of ether oxygens (including phenoxy) is 1. The minimum Gasteiger partial charge on any atom is -0.445 e. The van der Waals surface area contributed by atoms with E-state index < -0.39 is 8.32 Å². The molecule has 5 aromatic rings. The maximum Gasteiger partial charge on any atom is 0.410 e. The van der Waals surface area contributed by atoms with E-state index in [-0.39, 0.29) is 29.7 Å². The molecule has 10 heteroatoms. The van der Waals surface area contributed by atoms with Crippen LogP contribution in [0.3, 0.4) is 0 Å². The molecule has 0 aliphatic carbocycles. The molecule has 0 spiro atoms. The number of aromatic nitrogens is 3. The molecule has 0 bridgehead atoms. The van der Waals surface area contributed by atoms with Crippen LogP contribution in [0.1, 0.15) is 50.9 Å². The SMILES string of the molecule is CC(C)(C)[Si](OC[C@@H]1CC[C@@H](c2nc(Br)c3c(Cl)nccn23)CN1C(=O)OCc1ccccc1)(c1ccccc1)c1ccccc1. The standard InChI is InChI=1S/C36H38BrClN4O3Si/c1-36(2,3)46(29-15-9-5-10-16-29,30-17-11-6-12-18-30)45-25-28-20-19-27(34-40-32(37)31-33(38)39-21-22-41(31)34)23-42(28)35(43)44-24-26-13-7-4-8-14-26/h4-18,21-22,27-28H,19-20,23-25H2,1-3H3/t27-,28+/m1/s1. The fraction of sp³-hybridized carbons (Fsp3) is 0.306. The summed E-state index contributed by atoms with van der Waals surface area (Å²) in [5, 5.41) is 2.61. The summed E-state index contributed by atoms with van der Waals surface area (Å²) >= 11 is 10.0. The van der Waals surface area contributed by atoms with Gasteiger partial charge in [-0.1, -0.05) is 123 Å². The maximum atomic E-state index is 13.9. The molecule has 1 saturated heterocycles. The van der Waals surface area contributed by atoms with Crippen LogP contribution in [0.2, 0.25) is 10.2 Å². The number of amides is 1. The Morgan fingerprint density at radius 1 is 0.957 bits per heavy atom. The third-order valence-electron chi connectivity index (χ3n) is 8.91. The monoisotopic (exact) mass is 716 g/mol. The molecular weight excluding hydrogens is 680 g/mol. The summed E-state index contributed by atoms with van der Waals surface area (Å²) in [6.45, 7) is 7.83. The summed E-state index contributed by atoms with van der Waals surface area (Å²) in [6.07, 6.45) is 4.73. The van der Waals surface area contributed by atoms with Gasteiger partial charge in [-0.25, -0.2) is 14.8 Å². The van der Waals surface area contributed by atoms with E-state index in [1.807, 2.05) is 58.0 Å². The van der Waals surface area contributed by atoms with Crippen molar-refractivity contribution in [3.63, 3.8) is 0 Å². The second-order valence-electron chi connectivity index (χ2n) is 12.8. The summed E-state index contributed by atoms with van der Waals surface area (Å²) in [5.41, 5.74) is 1.66. The highest BCUT2D eigenvalue weighted by atomic mass is 79.9. The minimum absolute atomic E-state index is 0.0364. The van der Waals surface area contributed by atoms with Crippen molar-refractivity contribution in [3.05, 3.63) is 125 Å². The number of halogens is 2. The van der Waals surface area contributed by atoms with Crippen LogP contribution < -0.4 is 10.4 Å². The first-order valence-electron chi connectivity index (χ1n) is 15.6. The molecule has 1 aliphatic heterocycles. The van der Waals surface area contributed by atoms with Crippen LogP contribution in [0.4, 0.5) is 4.79 Å². The molecule has 0 N–H and O–H groups in total. The van der Waals surface area contributed by atoms with Gasteiger partial charge in [-0.15, -0.1) is 0 Å². The molecule has 46 heavy (non-hydrogen) atoms. The van der Waals surface area contributed by atoms with Crippen LogP contribution in [0.25, 0.3) is 5.52 Å². The van der Waals surface area contributed by atoms with E-state index in [9.17, 15) is 4.79 Å². The first-order valence-corrected chi connectivity index (χ1v) is 18.7. The van der Waals surface area contributed by atoms with E-state index in [2.05, 4.69) is 90.2 Å². The number of piperidine rings is 1. The number of carbonyl (C=O) groups is 1. The lowest BCUT2D eigenvalue weighted by Crippen LogP contribution is -2.67. The van der Waals surface area contributed by atoms with Crippen molar-refractivity contribution in [2.45, 2.75) is 57.2 Å². The van der Waals surface area contributed by atoms with Crippen molar-refractivity contribution >= 4 is 57.8 Å². The van der Waals surface area contributed by atoms with Gasteiger partial charge in [0, 0.05) is 24.9 Å². The Balaban J connectivity index is 1.33. The summed E-state index contributed by atoms with van der Waals surface area (Å²) in [6, 6.07) is 30.8. The lowest BCUT2D eigenvalue weighted by Gasteiger charge is -2.45. The molecule has 1 amide bonds. The fourth-order valence-electron chi connectivity index (χ4n) is 6.69. The molecular formula is C36H38BrClN4O3Si. The molecule has 0 unspecified atom stereocenters. The minimum atomic E-state index is -2.81.